The second-order valence-electron chi connectivity index (χ2n) is 6.31. The maximum atomic E-state index is 13.6. The Hall–Kier alpha value is -2.35. The molecule has 0 aliphatic heterocycles. The smallest absolute Gasteiger partial charge is 0.251 e. The molecule has 0 aliphatic carbocycles. The summed E-state index contributed by atoms with van der Waals surface area (Å²) < 4.78 is 16.6. The number of carbonyl (C=O) groups excluding carboxylic acids is 1. The van der Waals surface area contributed by atoms with E-state index in [0.29, 0.717) is 30.8 Å². The first-order chi connectivity index (χ1) is 12.8. The van der Waals surface area contributed by atoms with Crippen molar-refractivity contribution in [1.82, 2.24) is 20.1 Å². The molecule has 2 aromatic rings. The number of hydrogen-bond donors (Lipinski definition) is 2. The zero-order chi connectivity index (χ0) is 20.0. The highest BCUT2D eigenvalue weighted by Crippen LogP contribution is 2.15. The molecule has 0 fully saturated rings. The Morgan fingerprint density at radius 3 is 2.59 bits per heavy atom. The molecule has 0 saturated carbocycles. The second kappa shape index (κ2) is 9.55. The Balaban J connectivity index is 1.81. The molecule has 2 N–H and O–H groups in total. The van der Waals surface area contributed by atoms with E-state index in [1.807, 2.05) is 25.2 Å². The molecule has 0 unspecified atom stereocenters. The molecular weight excluding hydrogens is 413 g/mol. The Kier molecular flexibility index (Phi) is 7.41. The van der Waals surface area contributed by atoms with Crippen LogP contribution in [0, 0.1) is 12.7 Å². The van der Waals surface area contributed by atoms with Crippen molar-refractivity contribution in [2.24, 2.45) is 12.0 Å². The topological polar surface area (TPSA) is 61.7 Å². The average Bonchev–Trinajstić information content (AvgIpc) is 2.94. The van der Waals surface area contributed by atoms with Gasteiger partial charge in [0.2, 0.25) is 0 Å². The predicted octanol–water partition coefficient (Wildman–Crippen LogP) is 2.67. The van der Waals surface area contributed by atoms with Gasteiger partial charge in [0.15, 0.2) is 5.96 Å². The van der Waals surface area contributed by atoms with E-state index in [1.54, 1.807) is 26.1 Å². The number of aliphatic imine (C=N–C) groups is 1. The zero-order valence-electron chi connectivity index (χ0n) is 16.0. The SMILES string of the molecule is CN=C(NCCNC(=O)c1ccc(C)c(F)c1)N(C)Cc1cc(Br)cn1C. The molecule has 0 saturated heterocycles. The van der Waals surface area contributed by atoms with Crippen LogP contribution < -0.4 is 10.6 Å². The quantitative estimate of drug-likeness (QED) is 0.414. The lowest BCUT2D eigenvalue weighted by Gasteiger charge is -2.22. The molecule has 0 bridgehead atoms. The molecule has 2 rings (SSSR count). The summed E-state index contributed by atoms with van der Waals surface area (Å²) in [5, 5.41) is 5.98. The van der Waals surface area contributed by atoms with Gasteiger partial charge in [-0.1, -0.05) is 6.07 Å². The highest BCUT2D eigenvalue weighted by molar-refractivity contribution is 9.10. The summed E-state index contributed by atoms with van der Waals surface area (Å²) in [4.78, 5) is 18.3. The molecule has 0 aliphatic rings. The lowest BCUT2D eigenvalue weighted by molar-refractivity contribution is 0.0954. The van der Waals surface area contributed by atoms with E-state index in [2.05, 4.69) is 42.2 Å². The van der Waals surface area contributed by atoms with Crippen LogP contribution in [0.2, 0.25) is 0 Å². The number of hydrogen-bond acceptors (Lipinski definition) is 2. The standard InChI is InChI=1S/C19H25BrFN5O/c1-13-5-6-14(9-17(13)21)18(27)23-7-8-24-19(22-2)26(4)12-16-10-15(20)11-25(16)3/h5-6,9-11H,7-8,12H2,1-4H3,(H,22,24)(H,23,27). The van der Waals surface area contributed by atoms with Crippen LogP contribution in [0.3, 0.4) is 0 Å². The number of rotatable bonds is 6. The van der Waals surface area contributed by atoms with E-state index in [9.17, 15) is 9.18 Å². The molecule has 1 amide bonds. The first-order valence-electron chi connectivity index (χ1n) is 8.58. The fourth-order valence-electron chi connectivity index (χ4n) is 2.61. The third-order valence-electron chi connectivity index (χ3n) is 4.17. The molecule has 27 heavy (non-hydrogen) atoms. The van der Waals surface area contributed by atoms with Crippen LogP contribution in [-0.2, 0) is 13.6 Å². The maximum absolute atomic E-state index is 13.6. The summed E-state index contributed by atoms with van der Waals surface area (Å²) >= 11 is 3.47. The minimum Gasteiger partial charge on any atom is -0.354 e. The molecular formula is C19H25BrFN5O. The van der Waals surface area contributed by atoms with Crippen molar-refractivity contribution in [1.29, 1.82) is 0 Å². The molecule has 6 nitrogen and oxygen atoms in total. The number of halogens is 2. The third-order valence-corrected chi connectivity index (χ3v) is 4.61. The lowest BCUT2D eigenvalue weighted by Crippen LogP contribution is -2.42. The minimum atomic E-state index is -0.380. The largest absolute Gasteiger partial charge is 0.354 e. The molecule has 0 spiro atoms. The van der Waals surface area contributed by atoms with Crippen LogP contribution in [0.25, 0.3) is 0 Å². The summed E-state index contributed by atoms with van der Waals surface area (Å²) in [7, 11) is 5.66. The van der Waals surface area contributed by atoms with Gasteiger partial charge >= 0.3 is 0 Å². The fraction of sp³-hybridized carbons (Fsp3) is 0.368. The van der Waals surface area contributed by atoms with Crippen LogP contribution in [-0.4, -0.2) is 48.5 Å². The molecule has 146 valence electrons. The van der Waals surface area contributed by atoms with Gasteiger partial charge in [-0.05, 0) is 46.6 Å². The monoisotopic (exact) mass is 437 g/mol. The molecule has 0 radical (unpaired) electrons. The maximum Gasteiger partial charge on any atom is 0.251 e. The number of nitrogens with zero attached hydrogens (tertiary/aromatic N) is 3. The number of aryl methyl sites for hydroxylation is 2. The summed E-state index contributed by atoms with van der Waals surface area (Å²) in [6.45, 7) is 3.26. The number of aromatic nitrogens is 1. The lowest BCUT2D eigenvalue weighted by atomic mass is 10.1. The summed E-state index contributed by atoms with van der Waals surface area (Å²) in [5.74, 6) is 0.0470. The van der Waals surface area contributed by atoms with Crippen LogP contribution in [0.4, 0.5) is 4.39 Å². The molecule has 1 aromatic heterocycles. The number of benzene rings is 1. The van der Waals surface area contributed by atoms with Gasteiger partial charge in [-0.2, -0.15) is 0 Å². The van der Waals surface area contributed by atoms with Gasteiger partial charge in [-0.25, -0.2) is 4.39 Å². The Morgan fingerprint density at radius 1 is 1.30 bits per heavy atom. The predicted molar refractivity (Wildman–Crippen MR) is 109 cm³/mol. The van der Waals surface area contributed by atoms with E-state index in [4.69, 9.17) is 0 Å². The van der Waals surface area contributed by atoms with E-state index >= 15 is 0 Å². The molecule has 0 atom stereocenters. The number of nitrogens with one attached hydrogen (secondary N) is 2. The van der Waals surface area contributed by atoms with Gasteiger partial charge in [-0.15, -0.1) is 0 Å². The van der Waals surface area contributed by atoms with E-state index in [0.717, 1.165) is 16.1 Å². The highest BCUT2D eigenvalue weighted by Gasteiger charge is 2.10. The normalized spacial score (nSPS) is 11.4. The van der Waals surface area contributed by atoms with E-state index in [-0.39, 0.29) is 11.7 Å². The van der Waals surface area contributed by atoms with Crippen molar-refractivity contribution >= 4 is 27.8 Å². The summed E-state index contributed by atoms with van der Waals surface area (Å²) in [5.41, 5.74) is 1.97. The first kappa shape index (κ1) is 21.0. The Bertz CT molecular complexity index is 834. The minimum absolute atomic E-state index is 0.298. The van der Waals surface area contributed by atoms with Crippen molar-refractivity contribution in [3.63, 3.8) is 0 Å². The van der Waals surface area contributed by atoms with E-state index < -0.39 is 0 Å². The first-order valence-corrected chi connectivity index (χ1v) is 9.38. The summed E-state index contributed by atoms with van der Waals surface area (Å²) in [6.07, 6.45) is 2.00. The van der Waals surface area contributed by atoms with Crippen LogP contribution in [0.1, 0.15) is 21.6 Å². The van der Waals surface area contributed by atoms with Crippen LogP contribution in [0.5, 0.6) is 0 Å². The third kappa shape index (κ3) is 5.82. The molecule has 1 heterocycles. The summed E-state index contributed by atoms with van der Waals surface area (Å²) in [6, 6.07) is 6.53. The highest BCUT2D eigenvalue weighted by atomic mass is 79.9. The van der Waals surface area contributed by atoms with E-state index in [1.165, 1.54) is 6.07 Å². The van der Waals surface area contributed by atoms with Crippen molar-refractivity contribution in [3.05, 3.63) is 57.6 Å². The Morgan fingerprint density at radius 2 is 2.00 bits per heavy atom. The van der Waals surface area contributed by atoms with Gasteiger partial charge in [0.25, 0.3) is 5.91 Å². The number of amides is 1. The van der Waals surface area contributed by atoms with Crippen LogP contribution in [0.15, 0.2) is 39.9 Å². The van der Waals surface area contributed by atoms with Crippen molar-refractivity contribution in [2.75, 3.05) is 27.2 Å². The zero-order valence-corrected chi connectivity index (χ0v) is 17.6. The van der Waals surface area contributed by atoms with Gasteiger partial charge in [0.1, 0.15) is 5.82 Å². The number of carbonyl (C=O) groups is 1. The van der Waals surface area contributed by atoms with Crippen molar-refractivity contribution in [2.45, 2.75) is 13.5 Å². The Labute approximate surface area is 167 Å². The number of guanidine groups is 1. The van der Waals surface area contributed by atoms with Crippen molar-refractivity contribution in [3.8, 4) is 0 Å². The molecule has 1 aromatic carbocycles. The molecule has 8 heteroatoms. The van der Waals surface area contributed by atoms with Crippen molar-refractivity contribution < 1.29 is 9.18 Å². The second-order valence-corrected chi connectivity index (χ2v) is 7.23. The fourth-order valence-corrected chi connectivity index (χ4v) is 3.18. The van der Waals surface area contributed by atoms with Gasteiger partial charge < -0.3 is 20.1 Å². The average molecular weight is 438 g/mol. The van der Waals surface area contributed by atoms with Gasteiger partial charge in [0, 0.05) is 56.2 Å². The van der Waals surface area contributed by atoms with Gasteiger partial charge in [-0.3, -0.25) is 9.79 Å². The van der Waals surface area contributed by atoms with Gasteiger partial charge in [0.05, 0.1) is 6.54 Å². The van der Waals surface area contributed by atoms with Crippen LogP contribution >= 0.6 is 15.9 Å².